The Bertz CT molecular complexity index is 1310. The van der Waals surface area contributed by atoms with E-state index in [1.165, 1.54) is 9.47 Å². The zero-order valence-corrected chi connectivity index (χ0v) is 17.0. The third-order valence-corrected chi connectivity index (χ3v) is 7.12. The molecule has 0 spiro atoms. The second-order valence-corrected chi connectivity index (χ2v) is 8.74. The van der Waals surface area contributed by atoms with E-state index in [1.54, 1.807) is 12.1 Å². The summed E-state index contributed by atoms with van der Waals surface area (Å²) >= 11 is 1.14. The van der Waals surface area contributed by atoms with Gasteiger partial charge < -0.3 is 26.0 Å². The number of carboxylic acid groups (broad SMARTS) is 1. The Morgan fingerprint density at radius 1 is 1.19 bits per heavy atom. The van der Waals surface area contributed by atoms with Crippen LogP contribution in [0, 0.1) is 11.6 Å². The first-order valence-electron chi connectivity index (χ1n) is 9.65. The highest BCUT2D eigenvalue weighted by Crippen LogP contribution is 2.52. The predicted molar refractivity (Wildman–Crippen MR) is 115 cm³/mol. The van der Waals surface area contributed by atoms with Crippen molar-refractivity contribution in [2.75, 3.05) is 23.7 Å². The Labute approximate surface area is 179 Å². The second kappa shape index (κ2) is 6.96. The van der Waals surface area contributed by atoms with E-state index in [9.17, 15) is 14.7 Å². The zero-order chi connectivity index (χ0) is 22.0. The van der Waals surface area contributed by atoms with Crippen LogP contribution in [0.4, 0.5) is 20.2 Å². The summed E-state index contributed by atoms with van der Waals surface area (Å²) < 4.78 is 32.5. The van der Waals surface area contributed by atoms with Gasteiger partial charge >= 0.3 is 5.97 Å². The van der Waals surface area contributed by atoms with Crippen molar-refractivity contribution in [1.29, 1.82) is 0 Å². The van der Waals surface area contributed by atoms with Crippen molar-refractivity contribution in [2.24, 2.45) is 5.73 Å². The van der Waals surface area contributed by atoms with E-state index in [1.807, 2.05) is 18.2 Å². The smallest absolute Gasteiger partial charge is 0.342 e. The number of anilines is 2. The lowest BCUT2D eigenvalue weighted by Gasteiger charge is -2.36. The summed E-state index contributed by atoms with van der Waals surface area (Å²) in [6.07, 6.45) is 0.565. The van der Waals surface area contributed by atoms with Gasteiger partial charge in [0.2, 0.25) is 5.43 Å². The highest BCUT2D eigenvalue weighted by molar-refractivity contribution is 8.00. The third kappa shape index (κ3) is 2.75. The highest BCUT2D eigenvalue weighted by Gasteiger charge is 2.40. The maximum absolute atomic E-state index is 15.9. The van der Waals surface area contributed by atoms with Gasteiger partial charge in [0.05, 0.1) is 21.6 Å². The molecule has 2 aliphatic rings. The Kier molecular flexibility index (Phi) is 4.45. The second-order valence-electron chi connectivity index (χ2n) is 7.67. The Hall–Kier alpha value is -3.11. The van der Waals surface area contributed by atoms with Crippen molar-refractivity contribution < 1.29 is 18.7 Å². The van der Waals surface area contributed by atoms with Crippen LogP contribution in [0.5, 0.6) is 0 Å². The van der Waals surface area contributed by atoms with Crippen LogP contribution in [0.3, 0.4) is 0 Å². The zero-order valence-electron chi connectivity index (χ0n) is 16.1. The minimum atomic E-state index is -1.47. The fourth-order valence-corrected chi connectivity index (χ4v) is 5.59. The summed E-state index contributed by atoms with van der Waals surface area (Å²) in [7, 11) is 0. The van der Waals surface area contributed by atoms with Crippen molar-refractivity contribution in [3.63, 3.8) is 0 Å². The van der Waals surface area contributed by atoms with Gasteiger partial charge in [0.15, 0.2) is 11.6 Å². The fourth-order valence-electron chi connectivity index (χ4n) is 4.32. The molecule has 160 valence electrons. The average Bonchev–Trinajstić information content (AvgIpc) is 3.14. The van der Waals surface area contributed by atoms with Crippen molar-refractivity contribution in [2.45, 2.75) is 22.9 Å². The number of benzene rings is 2. The van der Waals surface area contributed by atoms with E-state index in [0.717, 1.165) is 17.3 Å². The molecule has 0 aliphatic carbocycles. The number of carbonyl (C=O) groups is 1. The standard InChI is InChI=1S/C21H18F2N4O3S/c22-13-15(25)11-16(14(23)17(13)26-7-6-10(24)8-26)27-19(9-4-2-1-3-5-9)31-20(27)12(18(11)28)21(29)30/h1-5,10,19H,6-8,24-25H2,(H,29,30). The monoisotopic (exact) mass is 444 g/mol. The number of pyridine rings is 1. The molecule has 10 heteroatoms. The summed E-state index contributed by atoms with van der Waals surface area (Å²) in [5.74, 6) is -3.48. The van der Waals surface area contributed by atoms with Crippen LogP contribution >= 0.6 is 11.8 Å². The summed E-state index contributed by atoms with van der Waals surface area (Å²) in [4.78, 5) is 26.3. The maximum atomic E-state index is 15.9. The number of rotatable bonds is 3. The Morgan fingerprint density at radius 3 is 2.52 bits per heavy atom. The number of hydrogen-bond donors (Lipinski definition) is 3. The van der Waals surface area contributed by atoms with Crippen LogP contribution in [0.15, 0.2) is 40.2 Å². The molecule has 2 atom stereocenters. The normalized spacial score (nSPS) is 20.0. The lowest BCUT2D eigenvalue weighted by Crippen LogP contribution is -2.32. The van der Waals surface area contributed by atoms with Gasteiger partial charge in [-0.2, -0.15) is 0 Å². The molecule has 3 heterocycles. The summed E-state index contributed by atoms with van der Waals surface area (Å²) in [6, 6.07) is 8.83. The minimum Gasteiger partial charge on any atom is -0.477 e. The van der Waals surface area contributed by atoms with Gasteiger partial charge in [-0.3, -0.25) is 4.79 Å². The van der Waals surface area contributed by atoms with Gasteiger partial charge in [0.25, 0.3) is 0 Å². The van der Waals surface area contributed by atoms with Crippen LogP contribution in [0.2, 0.25) is 0 Å². The maximum Gasteiger partial charge on any atom is 0.342 e. The van der Waals surface area contributed by atoms with Gasteiger partial charge in [0, 0.05) is 19.1 Å². The average molecular weight is 444 g/mol. The van der Waals surface area contributed by atoms with Crippen molar-refractivity contribution in [3.8, 4) is 0 Å². The van der Waals surface area contributed by atoms with E-state index >= 15 is 8.78 Å². The molecule has 0 radical (unpaired) electrons. The van der Waals surface area contributed by atoms with Crippen LogP contribution in [0.25, 0.3) is 10.9 Å². The number of halogens is 2. The fraction of sp³-hybridized carbons (Fsp3) is 0.238. The molecule has 31 heavy (non-hydrogen) atoms. The first-order chi connectivity index (χ1) is 14.8. The minimum absolute atomic E-state index is 0.118. The largest absolute Gasteiger partial charge is 0.477 e. The highest BCUT2D eigenvalue weighted by atomic mass is 32.2. The SMILES string of the molecule is Nc1c(F)c(N2CCC(N)C2)c(F)c2c1c(=O)c(C(=O)O)c1n2C(c2ccccc2)S1. The summed E-state index contributed by atoms with van der Waals surface area (Å²) in [5, 5.41) is 8.81. The molecule has 3 aromatic rings. The first kappa shape index (κ1) is 19.8. The molecule has 5 rings (SSSR count). The van der Waals surface area contributed by atoms with E-state index in [4.69, 9.17) is 11.5 Å². The predicted octanol–water partition coefficient (Wildman–Crippen LogP) is 2.75. The molecule has 0 amide bonds. The van der Waals surface area contributed by atoms with Crippen molar-refractivity contribution >= 4 is 40.0 Å². The number of aromatic carboxylic acids is 1. The number of nitrogen functional groups attached to an aromatic ring is 1. The van der Waals surface area contributed by atoms with E-state index < -0.39 is 45.0 Å². The van der Waals surface area contributed by atoms with Gasteiger partial charge in [-0.1, -0.05) is 42.1 Å². The van der Waals surface area contributed by atoms with Crippen LogP contribution in [-0.4, -0.2) is 34.8 Å². The lowest BCUT2D eigenvalue weighted by molar-refractivity contribution is 0.0689. The molecule has 1 fully saturated rings. The Morgan fingerprint density at radius 2 is 1.90 bits per heavy atom. The number of fused-ring (bicyclic) bond motifs is 3. The molecule has 2 aromatic carbocycles. The molecule has 0 bridgehead atoms. The van der Waals surface area contributed by atoms with Gasteiger partial charge in [0.1, 0.15) is 16.6 Å². The van der Waals surface area contributed by atoms with Crippen molar-refractivity contribution in [3.05, 3.63) is 63.3 Å². The number of aromatic nitrogens is 1. The number of nitrogens with zero attached hydrogens (tertiary/aromatic N) is 2. The quantitative estimate of drug-likeness (QED) is 0.532. The molecular weight excluding hydrogens is 426 g/mol. The third-order valence-electron chi connectivity index (χ3n) is 5.79. The first-order valence-corrected chi connectivity index (χ1v) is 10.5. The van der Waals surface area contributed by atoms with Crippen LogP contribution in [0.1, 0.15) is 27.7 Å². The van der Waals surface area contributed by atoms with Crippen LogP contribution in [-0.2, 0) is 0 Å². The summed E-state index contributed by atoms with van der Waals surface area (Å²) in [5.41, 5.74) is 10.1. The van der Waals surface area contributed by atoms with E-state index in [-0.39, 0.29) is 28.8 Å². The number of hydrogen-bond acceptors (Lipinski definition) is 6. The van der Waals surface area contributed by atoms with Crippen molar-refractivity contribution in [1.82, 2.24) is 4.57 Å². The lowest BCUT2D eigenvalue weighted by atomic mass is 10.1. The molecule has 2 unspecified atom stereocenters. The molecular formula is C21H18F2N4O3S. The molecule has 1 aromatic heterocycles. The number of thioether (sulfide) groups is 1. The van der Waals surface area contributed by atoms with Gasteiger partial charge in [-0.25, -0.2) is 13.6 Å². The molecule has 0 saturated carbocycles. The topological polar surface area (TPSA) is 115 Å². The molecule has 5 N–H and O–H groups in total. The van der Waals surface area contributed by atoms with Gasteiger partial charge in [-0.15, -0.1) is 0 Å². The van der Waals surface area contributed by atoms with Gasteiger partial charge in [-0.05, 0) is 12.0 Å². The van der Waals surface area contributed by atoms with Crippen LogP contribution < -0.4 is 21.8 Å². The number of nitrogens with two attached hydrogens (primary N) is 2. The molecule has 1 saturated heterocycles. The van der Waals surface area contributed by atoms with E-state index in [0.29, 0.717) is 13.0 Å². The Balaban J connectivity index is 1.88. The van der Waals surface area contributed by atoms with E-state index in [2.05, 4.69) is 0 Å². The number of carboxylic acids is 1. The molecule has 2 aliphatic heterocycles. The molecule has 7 nitrogen and oxygen atoms in total. The summed E-state index contributed by atoms with van der Waals surface area (Å²) in [6.45, 7) is 0.598.